The van der Waals surface area contributed by atoms with E-state index in [0.717, 1.165) is 44.5 Å². The maximum Gasteiger partial charge on any atom is 0.317 e. The van der Waals surface area contributed by atoms with Crippen molar-refractivity contribution in [1.29, 1.82) is 0 Å². The lowest BCUT2D eigenvalue weighted by Crippen LogP contribution is -2.51. The topological polar surface area (TPSA) is 66.9 Å². The van der Waals surface area contributed by atoms with Crippen molar-refractivity contribution in [3.63, 3.8) is 0 Å². The molecule has 1 aromatic rings. The van der Waals surface area contributed by atoms with E-state index in [1.54, 1.807) is 32.3 Å². The minimum atomic E-state index is -0.155. The van der Waals surface area contributed by atoms with E-state index in [-0.39, 0.29) is 17.7 Å². The summed E-state index contributed by atoms with van der Waals surface area (Å²) in [5.74, 6) is 0.684. The molecule has 3 rings (SSSR count). The van der Waals surface area contributed by atoms with Gasteiger partial charge in [0.25, 0.3) is 0 Å². The number of carbonyl (C=O) groups is 1. The lowest BCUT2D eigenvalue weighted by atomic mass is 9.89. The number of rotatable bonds is 4. The first-order chi connectivity index (χ1) is 12.0. The Bertz CT molecular complexity index is 610. The molecular weight excluding hydrogens is 320 g/mol. The van der Waals surface area contributed by atoms with Crippen LogP contribution in [-0.2, 0) is 11.3 Å². The summed E-state index contributed by atoms with van der Waals surface area (Å²) in [5.41, 5.74) is 0.938. The molecule has 1 aromatic heterocycles. The molecule has 2 aliphatic rings. The fourth-order valence-electron chi connectivity index (χ4n) is 3.77. The Labute approximate surface area is 149 Å². The molecule has 7 nitrogen and oxygen atoms in total. The highest BCUT2D eigenvalue weighted by Crippen LogP contribution is 2.35. The summed E-state index contributed by atoms with van der Waals surface area (Å²) in [5, 5.41) is 3.11. The number of methoxy groups -OCH3 is 1. The molecule has 0 saturated carbocycles. The molecule has 0 radical (unpaired) electrons. The second-order valence-corrected chi connectivity index (χ2v) is 7.20. The predicted molar refractivity (Wildman–Crippen MR) is 94.6 cm³/mol. The largest absolute Gasteiger partial charge is 0.481 e. The Morgan fingerprint density at radius 2 is 2.40 bits per heavy atom. The third-order valence-corrected chi connectivity index (χ3v) is 5.06. The summed E-state index contributed by atoms with van der Waals surface area (Å²) < 4.78 is 11.5. The smallest absolute Gasteiger partial charge is 0.317 e. The van der Waals surface area contributed by atoms with Crippen LogP contribution in [0, 0.1) is 0 Å². The Morgan fingerprint density at radius 1 is 1.56 bits per heavy atom. The molecule has 138 valence electrons. The van der Waals surface area contributed by atoms with E-state index in [1.807, 2.05) is 6.07 Å². The van der Waals surface area contributed by atoms with E-state index < -0.39 is 0 Å². The SMILES string of the molecule is COc1ncccc1CN1CC[C@@]2(C[C@H](NC(=O)N(C)C)CCO2)C1. The fourth-order valence-corrected chi connectivity index (χ4v) is 3.77. The molecular formula is C18H28N4O3. The zero-order chi connectivity index (χ0) is 17.9. The summed E-state index contributed by atoms with van der Waals surface area (Å²) in [6.45, 7) is 3.35. The van der Waals surface area contributed by atoms with E-state index in [0.29, 0.717) is 12.5 Å². The summed E-state index contributed by atoms with van der Waals surface area (Å²) >= 11 is 0. The summed E-state index contributed by atoms with van der Waals surface area (Å²) in [6, 6.07) is 4.14. The highest BCUT2D eigenvalue weighted by atomic mass is 16.5. The van der Waals surface area contributed by atoms with Gasteiger partial charge in [-0.15, -0.1) is 0 Å². The Morgan fingerprint density at radius 3 is 3.16 bits per heavy atom. The Kier molecular flexibility index (Phi) is 5.44. The van der Waals surface area contributed by atoms with Crippen LogP contribution in [-0.4, -0.2) is 73.4 Å². The predicted octanol–water partition coefficient (Wildman–Crippen LogP) is 1.48. The molecule has 3 heterocycles. The van der Waals surface area contributed by atoms with Crippen LogP contribution in [0.25, 0.3) is 0 Å². The third-order valence-electron chi connectivity index (χ3n) is 5.06. The monoisotopic (exact) mass is 348 g/mol. The first kappa shape index (κ1) is 17.9. The van der Waals surface area contributed by atoms with Crippen LogP contribution in [0.2, 0.25) is 0 Å². The number of ether oxygens (including phenoxy) is 2. The van der Waals surface area contributed by atoms with Crippen LogP contribution in [0.1, 0.15) is 24.8 Å². The van der Waals surface area contributed by atoms with Crippen molar-refractivity contribution < 1.29 is 14.3 Å². The maximum atomic E-state index is 11.9. The molecule has 0 aromatic carbocycles. The number of hydrogen-bond donors (Lipinski definition) is 1. The molecule has 2 aliphatic heterocycles. The highest BCUT2D eigenvalue weighted by Gasteiger charge is 2.43. The first-order valence-corrected chi connectivity index (χ1v) is 8.83. The van der Waals surface area contributed by atoms with Crippen LogP contribution >= 0.6 is 0 Å². The highest BCUT2D eigenvalue weighted by molar-refractivity contribution is 5.73. The van der Waals surface area contributed by atoms with Crippen molar-refractivity contribution in [3.05, 3.63) is 23.9 Å². The van der Waals surface area contributed by atoms with Crippen LogP contribution in [0.3, 0.4) is 0 Å². The number of hydrogen-bond acceptors (Lipinski definition) is 5. The average Bonchev–Trinajstić information content (AvgIpc) is 2.97. The summed E-state index contributed by atoms with van der Waals surface area (Å²) in [7, 11) is 5.19. The van der Waals surface area contributed by atoms with Gasteiger partial charge in [-0.2, -0.15) is 0 Å². The Balaban J connectivity index is 1.60. The summed E-state index contributed by atoms with van der Waals surface area (Å²) in [6.07, 6.45) is 4.48. The van der Waals surface area contributed by atoms with Crippen molar-refractivity contribution in [2.75, 3.05) is 40.9 Å². The van der Waals surface area contributed by atoms with E-state index >= 15 is 0 Å². The van der Waals surface area contributed by atoms with Crippen molar-refractivity contribution in [1.82, 2.24) is 20.1 Å². The van der Waals surface area contributed by atoms with Gasteiger partial charge in [0.15, 0.2) is 0 Å². The standard InChI is InChI=1S/C18H28N4O3/c1-21(2)17(23)20-15-6-10-25-18(11-15)7-9-22(13-18)12-14-5-4-8-19-16(14)24-3/h4-5,8,15H,6-7,9-13H2,1-3H3,(H,20,23)/t15-,18-/m1/s1. The quantitative estimate of drug-likeness (QED) is 0.893. The van der Waals surface area contributed by atoms with Gasteiger partial charge in [-0.25, -0.2) is 9.78 Å². The van der Waals surface area contributed by atoms with Crippen molar-refractivity contribution in [2.45, 2.75) is 37.5 Å². The average molecular weight is 348 g/mol. The molecule has 2 amide bonds. The number of pyridine rings is 1. The summed E-state index contributed by atoms with van der Waals surface area (Å²) in [4.78, 5) is 20.2. The van der Waals surface area contributed by atoms with Crippen LogP contribution < -0.4 is 10.1 Å². The molecule has 0 bridgehead atoms. The van der Waals surface area contributed by atoms with Gasteiger partial charge < -0.3 is 19.7 Å². The lowest BCUT2D eigenvalue weighted by molar-refractivity contribution is -0.0792. The second kappa shape index (κ2) is 7.58. The number of carbonyl (C=O) groups excluding carboxylic acids is 1. The minimum Gasteiger partial charge on any atom is -0.481 e. The maximum absolute atomic E-state index is 11.9. The molecule has 25 heavy (non-hydrogen) atoms. The number of aromatic nitrogens is 1. The zero-order valence-corrected chi connectivity index (χ0v) is 15.3. The molecule has 7 heteroatoms. The molecule has 2 fully saturated rings. The Hall–Kier alpha value is -1.86. The molecule has 2 saturated heterocycles. The number of urea groups is 1. The molecule has 0 aliphatic carbocycles. The second-order valence-electron chi connectivity index (χ2n) is 7.20. The van der Waals surface area contributed by atoms with Gasteiger partial charge in [0.05, 0.1) is 12.7 Å². The normalized spacial score (nSPS) is 26.6. The van der Waals surface area contributed by atoms with E-state index in [4.69, 9.17) is 9.47 Å². The van der Waals surface area contributed by atoms with Gasteiger partial charge in [0.2, 0.25) is 5.88 Å². The van der Waals surface area contributed by atoms with Crippen LogP contribution in [0.5, 0.6) is 5.88 Å². The lowest BCUT2D eigenvalue weighted by Gasteiger charge is -2.38. The molecule has 1 N–H and O–H groups in total. The molecule has 0 unspecified atom stereocenters. The number of nitrogens with one attached hydrogen (secondary N) is 1. The number of likely N-dealkylation sites (tertiary alicyclic amines) is 1. The van der Waals surface area contributed by atoms with E-state index in [2.05, 4.69) is 21.3 Å². The van der Waals surface area contributed by atoms with Crippen LogP contribution in [0.4, 0.5) is 4.79 Å². The van der Waals surface area contributed by atoms with Gasteiger partial charge >= 0.3 is 6.03 Å². The third kappa shape index (κ3) is 4.22. The van der Waals surface area contributed by atoms with Crippen molar-refractivity contribution in [3.8, 4) is 5.88 Å². The first-order valence-electron chi connectivity index (χ1n) is 8.83. The van der Waals surface area contributed by atoms with Gasteiger partial charge in [-0.1, -0.05) is 6.07 Å². The number of amides is 2. The van der Waals surface area contributed by atoms with Crippen molar-refractivity contribution >= 4 is 6.03 Å². The number of nitrogens with zero attached hydrogens (tertiary/aromatic N) is 3. The molecule has 2 atom stereocenters. The fraction of sp³-hybridized carbons (Fsp3) is 0.667. The molecule has 1 spiro atoms. The zero-order valence-electron chi connectivity index (χ0n) is 15.3. The van der Waals surface area contributed by atoms with Crippen LogP contribution in [0.15, 0.2) is 18.3 Å². The van der Waals surface area contributed by atoms with Gasteiger partial charge in [-0.05, 0) is 25.3 Å². The minimum absolute atomic E-state index is 0.0306. The van der Waals surface area contributed by atoms with Gasteiger partial charge in [-0.3, -0.25) is 4.90 Å². The van der Waals surface area contributed by atoms with Gasteiger partial charge in [0, 0.05) is 58.1 Å². The van der Waals surface area contributed by atoms with Gasteiger partial charge in [0.1, 0.15) is 0 Å². The van der Waals surface area contributed by atoms with E-state index in [1.165, 1.54) is 0 Å². The van der Waals surface area contributed by atoms with Crippen molar-refractivity contribution in [2.24, 2.45) is 0 Å². The van der Waals surface area contributed by atoms with E-state index in [9.17, 15) is 4.79 Å².